The van der Waals surface area contributed by atoms with Gasteiger partial charge in [0.05, 0.1) is 25.1 Å². The van der Waals surface area contributed by atoms with Gasteiger partial charge in [-0.1, -0.05) is 0 Å². The van der Waals surface area contributed by atoms with Gasteiger partial charge < -0.3 is 25.2 Å². The number of rotatable bonds is 13. The van der Waals surface area contributed by atoms with E-state index in [4.69, 9.17) is 4.74 Å². The Morgan fingerprint density at radius 3 is 2.16 bits per heavy atom. The summed E-state index contributed by atoms with van der Waals surface area (Å²) >= 11 is 0. The van der Waals surface area contributed by atoms with Crippen LogP contribution in [0, 0.1) is 19.8 Å². The van der Waals surface area contributed by atoms with Crippen LogP contribution in [0.25, 0.3) is 0 Å². The summed E-state index contributed by atoms with van der Waals surface area (Å²) in [6, 6.07) is 3.84. The molecule has 0 radical (unpaired) electrons. The van der Waals surface area contributed by atoms with Crippen LogP contribution in [0.3, 0.4) is 0 Å². The van der Waals surface area contributed by atoms with Crippen molar-refractivity contribution in [2.24, 2.45) is 5.92 Å². The van der Waals surface area contributed by atoms with E-state index in [9.17, 15) is 18.0 Å². The maximum Gasteiger partial charge on any atom is 0.243 e. The number of sulfonamides is 1. The number of carbonyl (C=O) groups is 2. The lowest BCUT2D eigenvalue weighted by molar-refractivity contribution is -0.132. The Bertz CT molecular complexity index is 999. The van der Waals surface area contributed by atoms with Gasteiger partial charge in [0.2, 0.25) is 21.8 Å². The molecule has 10 nitrogen and oxygen atoms in total. The number of likely N-dealkylation sites (N-methyl/N-ethyl adjacent to an activating group) is 3. The van der Waals surface area contributed by atoms with Crippen molar-refractivity contribution in [3.63, 3.8) is 0 Å². The second-order valence-electron chi connectivity index (χ2n) is 10.4. The Labute approximate surface area is 222 Å². The fourth-order valence-electron chi connectivity index (χ4n) is 4.77. The minimum Gasteiger partial charge on any atom is -0.497 e. The molecule has 0 unspecified atom stereocenters. The highest BCUT2D eigenvalue weighted by atomic mass is 32.2. The smallest absolute Gasteiger partial charge is 0.243 e. The van der Waals surface area contributed by atoms with Gasteiger partial charge in [-0.25, -0.2) is 8.42 Å². The lowest BCUT2D eigenvalue weighted by atomic mass is 9.85. The van der Waals surface area contributed by atoms with Crippen molar-refractivity contribution in [2.45, 2.75) is 50.5 Å². The minimum absolute atomic E-state index is 0.155. The highest BCUT2D eigenvalue weighted by Crippen LogP contribution is 2.28. The number of amides is 2. The Kier molecular flexibility index (Phi) is 11.8. The third-order valence-corrected chi connectivity index (χ3v) is 9.05. The van der Waals surface area contributed by atoms with Crippen molar-refractivity contribution in [1.29, 1.82) is 0 Å². The number of nitrogens with one attached hydrogen (secondary N) is 2. The van der Waals surface area contributed by atoms with Crippen LogP contribution in [0.15, 0.2) is 17.0 Å². The van der Waals surface area contributed by atoms with Crippen LogP contribution < -0.4 is 15.4 Å². The van der Waals surface area contributed by atoms with Crippen LogP contribution in [0.5, 0.6) is 5.75 Å². The molecule has 1 aliphatic rings. The first-order valence-corrected chi connectivity index (χ1v) is 14.3. The zero-order valence-corrected chi connectivity index (χ0v) is 24.3. The average Bonchev–Trinajstić information content (AvgIpc) is 2.82. The van der Waals surface area contributed by atoms with Crippen molar-refractivity contribution >= 4 is 21.8 Å². The third-order valence-electron chi connectivity index (χ3n) is 6.94. The molecular formula is C26H45N5O5S. The van der Waals surface area contributed by atoms with Crippen LogP contribution in [0.1, 0.15) is 36.8 Å². The number of methoxy groups -OCH3 is 1. The van der Waals surface area contributed by atoms with Crippen LogP contribution in [-0.2, 0) is 19.6 Å². The molecule has 1 aromatic carbocycles. The van der Waals surface area contributed by atoms with E-state index in [1.54, 1.807) is 37.9 Å². The molecule has 0 atom stereocenters. The molecule has 0 aromatic heterocycles. The number of hydrogen-bond donors (Lipinski definition) is 2. The minimum atomic E-state index is -3.90. The summed E-state index contributed by atoms with van der Waals surface area (Å²) in [5.74, 6) is 0.304. The molecule has 0 saturated heterocycles. The molecule has 1 aliphatic carbocycles. The summed E-state index contributed by atoms with van der Waals surface area (Å²) in [6.45, 7) is 5.50. The molecule has 0 heterocycles. The molecule has 2 amide bonds. The predicted octanol–water partition coefficient (Wildman–Crippen LogP) is 1.22. The highest BCUT2D eigenvalue weighted by Gasteiger charge is 2.28. The summed E-state index contributed by atoms with van der Waals surface area (Å²) in [5.41, 5.74) is 1.08. The molecule has 2 rings (SSSR count). The summed E-state index contributed by atoms with van der Waals surface area (Å²) in [4.78, 5) is 29.0. The van der Waals surface area contributed by atoms with Gasteiger partial charge in [-0.05, 0) is 82.8 Å². The Morgan fingerprint density at radius 2 is 1.62 bits per heavy atom. The fraction of sp³-hybridized carbons (Fsp3) is 0.692. The van der Waals surface area contributed by atoms with Crippen LogP contribution >= 0.6 is 0 Å². The molecule has 210 valence electrons. The second kappa shape index (κ2) is 14.1. The topological polar surface area (TPSA) is 111 Å². The van der Waals surface area contributed by atoms with E-state index < -0.39 is 15.9 Å². The monoisotopic (exact) mass is 539 g/mol. The summed E-state index contributed by atoms with van der Waals surface area (Å²) in [7, 11) is 4.87. The number of carbonyl (C=O) groups excluding carboxylic acids is 2. The predicted molar refractivity (Wildman–Crippen MR) is 145 cm³/mol. The van der Waals surface area contributed by atoms with Gasteiger partial charge in [0.25, 0.3) is 0 Å². The largest absolute Gasteiger partial charge is 0.497 e. The third kappa shape index (κ3) is 9.24. The number of aryl methyl sites for hydroxylation is 2. The number of nitrogens with zero attached hydrogens (tertiary/aromatic N) is 3. The first-order valence-electron chi connectivity index (χ1n) is 12.9. The standard InChI is InChI=1S/C26H45N5O5S/c1-19-14-23(36-7)15-20(2)26(19)37(34,35)31(6)18-24(32)28-16-25(33)30(5)17-21-8-10-22(11-9-21)27-12-13-29(3)4/h14-15,21-22,27H,8-13,16-18H2,1-7H3,(H,28,32). The van der Waals surface area contributed by atoms with Gasteiger partial charge in [-0.3, -0.25) is 9.59 Å². The normalized spacial score (nSPS) is 18.2. The van der Waals surface area contributed by atoms with Gasteiger partial charge in [-0.2, -0.15) is 4.31 Å². The molecule has 0 aliphatic heterocycles. The molecule has 0 bridgehead atoms. The van der Waals surface area contributed by atoms with Crippen LogP contribution in [-0.4, -0.2) is 108 Å². The van der Waals surface area contributed by atoms with Gasteiger partial charge in [0.15, 0.2) is 0 Å². The number of benzene rings is 1. The van der Waals surface area contributed by atoms with Crippen molar-refractivity contribution in [2.75, 3.05) is 68.0 Å². The Balaban J connectivity index is 1.79. The van der Waals surface area contributed by atoms with Crippen molar-refractivity contribution in [3.05, 3.63) is 23.3 Å². The average molecular weight is 540 g/mol. The van der Waals surface area contributed by atoms with Crippen LogP contribution in [0.4, 0.5) is 0 Å². The van der Waals surface area contributed by atoms with Gasteiger partial charge in [0, 0.05) is 39.8 Å². The number of ether oxygens (including phenoxy) is 1. The molecule has 0 spiro atoms. The molecule has 1 saturated carbocycles. The van der Waals surface area contributed by atoms with Crippen molar-refractivity contribution < 1.29 is 22.7 Å². The second-order valence-corrected chi connectivity index (χ2v) is 12.4. The van der Waals surface area contributed by atoms with E-state index >= 15 is 0 Å². The van der Waals surface area contributed by atoms with Gasteiger partial charge in [-0.15, -0.1) is 0 Å². The Morgan fingerprint density at radius 1 is 1.03 bits per heavy atom. The number of hydrogen-bond acceptors (Lipinski definition) is 7. The maximum absolute atomic E-state index is 13.1. The first-order chi connectivity index (χ1) is 17.3. The Hall–Kier alpha value is -2.21. The molecule has 37 heavy (non-hydrogen) atoms. The summed E-state index contributed by atoms with van der Waals surface area (Å²) in [5, 5.41) is 6.18. The summed E-state index contributed by atoms with van der Waals surface area (Å²) < 4.78 is 32.4. The summed E-state index contributed by atoms with van der Waals surface area (Å²) in [6.07, 6.45) is 4.34. The highest BCUT2D eigenvalue weighted by molar-refractivity contribution is 7.89. The SMILES string of the molecule is COc1cc(C)c(S(=O)(=O)N(C)CC(=O)NCC(=O)N(C)CC2CCC(NCCN(C)C)CC2)c(C)c1. The fourth-order valence-corrected chi connectivity index (χ4v) is 6.30. The first kappa shape index (κ1) is 31.0. The molecule has 1 aromatic rings. The molecule has 2 N–H and O–H groups in total. The molecular weight excluding hydrogens is 494 g/mol. The van der Waals surface area contributed by atoms with E-state index in [1.807, 2.05) is 0 Å². The van der Waals surface area contributed by atoms with E-state index in [2.05, 4.69) is 29.6 Å². The lowest BCUT2D eigenvalue weighted by Gasteiger charge is -2.32. The van der Waals surface area contributed by atoms with E-state index in [-0.39, 0.29) is 23.9 Å². The van der Waals surface area contributed by atoms with Crippen molar-refractivity contribution in [1.82, 2.24) is 24.7 Å². The zero-order valence-electron chi connectivity index (χ0n) is 23.5. The van der Waals surface area contributed by atoms with E-state index in [0.29, 0.717) is 35.4 Å². The van der Waals surface area contributed by atoms with E-state index in [1.165, 1.54) is 14.2 Å². The molecule has 1 fully saturated rings. The van der Waals surface area contributed by atoms with Gasteiger partial charge >= 0.3 is 0 Å². The quantitative estimate of drug-likeness (QED) is 0.388. The molecule has 11 heteroatoms. The lowest BCUT2D eigenvalue weighted by Crippen LogP contribution is -2.44. The zero-order chi connectivity index (χ0) is 27.8. The van der Waals surface area contributed by atoms with E-state index in [0.717, 1.165) is 43.1 Å². The van der Waals surface area contributed by atoms with Crippen molar-refractivity contribution in [3.8, 4) is 5.75 Å². The van der Waals surface area contributed by atoms with Crippen LogP contribution in [0.2, 0.25) is 0 Å². The maximum atomic E-state index is 13.1. The van der Waals surface area contributed by atoms with Gasteiger partial charge in [0.1, 0.15) is 5.75 Å².